The Kier molecular flexibility index (Phi) is 7.56. The molecule has 3 aliphatic rings. The van der Waals surface area contributed by atoms with Crippen LogP contribution in [0.4, 0.5) is 17.3 Å². The van der Waals surface area contributed by atoms with Crippen molar-refractivity contribution >= 4 is 35.0 Å². The van der Waals surface area contributed by atoms with E-state index in [0.29, 0.717) is 19.8 Å². The molecule has 1 atom stereocenters. The Hall–Kier alpha value is -2.30. The molecule has 1 N–H and O–H groups in total. The number of nitrogens with zero attached hydrogens (tertiary/aromatic N) is 5. The van der Waals surface area contributed by atoms with E-state index in [0.717, 1.165) is 62.4 Å². The van der Waals surface area contributed by atoms with Crippen LogP contribution < -0.4 is 15.1 Å². The van der Waals surface area contributed by atoms with Gasteiger partial charge in [-0.2, -0.15) is 0 Å². The lowest BCUT2D eigenvalue weighted by Crippen LogP contribution is -2.38. The van der Waals surface area contributed by atoms with Gasteiger partial charge in [0, 0.05) is 44.2 Å². The number of morpholine rings is 1. The van der Waals surface area contributed by atoms with Gasteiger partial charge < -0.3 is 24.6 Å². The van der Waals surface area contributed by atoms with E-state index in [1.807, 2.05) is 6.07 Å². The summed E-state index contributed by atoms with van der Waals surface area (Å²) in [5.41, 5.74) is 3.29. The van der Waals surface area contributed by atoms with Gasteiger partial charge in [0.05, 0.1) is 31.6 Å². The van der Waals surface area contributed by atoms with Gasteiger partial charge in [0.25, 0.3) is 0 Å². The topological polar surface area (TPSA) is 84.8 Å². The average Bonchev–Trinajstić information content (AvgIpc) is 3.62. The monoisotopic (exact) mass is 486 g/mol. The molecule has 0 aliphatic carbocycles. The summed E-state index contributed by atoms with van der Waals surface area (Å²) < 4.78 is 13.5. The van der Waals surface area contributed by atoms with Crippen LogP contribution in [0.2, 0.25) is 0 Å². The molecule has 184 valence electrons. The SMILES string of the molecule is Cc1cc(NC(=O)CSc2nnc(N3CCOCC3)n2CC2CCCO2)ccc1N1CCCC1. The fourth-order valence-corrected chi connectivity index (χ4v) is 5.65. The maximum Gasteiger partial charge on any atom is 0.234 e. The van der Waals surface area contributed by atoms with Crippen molar-refractivity contribution in [2.45, 2.75) is 50.4 Å². The number of aromatic nitrogens is 3. The highest BCUT2D eigenvalue weighted by Gasteiger charge is 2.25. The van der Waals surface area contributed by atoms with Crippen molar-refractivity contribution in [2.24, 2.45) is 0 Å². The number of aryl methyl sites for hydroxylation is 1. The minimum absolute atomic E-state index is 0.0436. The van der Waals surface area contributed by atoms with E-state index >= 15 is 0 Å². The van der Waals surface area contributed by atoms with Gasteiger partial charge in [-0.25, -0.2) is 0 Å². The van der Waals surface area contributed by atoms with Crippen LogP contribution in [0.1, 0.15) is 31.2 Å². The summed E-state index contributed by atoms with van der Waals surface area (Å²) in [7, 11) is 0. The van der Waals surface area contributed by atoms with Crippen molar-refractivity contribution in [3.63, 3.8) is 0 Å². The maximum absolute atomic E-state index is 12.8. The van der Waals surface area contributed by atoms with Crippen molar-refractivity contribution in [3.05, 3.63) is 23.8 Å². The average molecular weight is 487 g/mol. The van der Waals surface area contributed by atoms with Crippen LogP contribution >= 0.6 is 11.8 Å². The highest BCUT2D eigenvalue weighted by molar-refractivity contribution is 7.99. The molecule has 1 aromatic heterocycles. The summed E-state index contributed by atoms with van der Waals surface area (Å²) in [6.45, 7) is 8.81. The highest BCUT2D eigenvalue weighted by Crippen LogP contribution is 2.28. The first-order valence-electron chi connectivity index (χ1n) is 12.3. The molecule has 3 aliphatic heterocycles. The Morgan fingerprint density at radius 3 is 2.65 bits per heavy atom. The number of carbonyl (C=O) groups excluding carboxylic acids is 1. The van der Waals surface area contributed by atoms with Gasteiger partial charge in [-0.15, -0.1) is 10.2 Å². The first-order chi connectivity index (χ1) is 16.7. The van der Waals surface area contributed by atoms with E-state index in [-0.39, 0.29) is 17.8 Å². The molecule has 0 saturated carbocycles. The zero-order chi connectivity index (χ0) is 23.3. The first-order valence-corrected chi connectivity index (χ1v) is 13.3. The molecule has 5 rings (SSSR count). The van der Waals surface area contributed by atoms with Gasteiger partial charge in [-0.3, -0.25) is 9.36 Å². The molecule has 0 radical (unpaired) electrons. The third-order valence-corrected chi connectivity index (χ3v) is 7.63. The van der Waals surface area contributed by atoms with E-state index in [1.54, 1.807) is 0 Å². The molecular weight excluding hydrogens is 452 g/mol. The molecule has 34 heavy (non-hydrogen) atoms. The van der Waals surface area contributed by atoms with Crippen molar-refractivity contribution in [3.8, 4) is 0 Å². The molecule has 3 fully saturated rings. The molecule has 1 aromatic carbocycles. The Labute approximate surface area is 205 Å². The van der Waals surface area contributed by atoms with E-state index < -0.39 is 0 Å². The fraction of sp³-hybridized carbons (Fsp3) is 0.625. The number of anilines is 3. The van der Waals surface area contributed by atoms with Gasteiger partial charge >= 0.3 is 0 Å². The molecule has 1 amide bonds. The minimum atomic E-state index is -0.0436. The number of rotatable bonds is 8. The number of thioether (sulfide) groups is 1. The van der Waals surface area contributed by atoms with Crippen LogP contribution in [0.5, 0.6) is 0 Å². The second kappa shape index (κ2) is 11.0. The summed E-state index contributed by atoms with van der Waals surface area (Å²) in [5.74, 6) is 1.08. The fourth-order valence-electron chi connectivity index (χ4n) is 4.91. The van der Waals surface area contributed by atoms with E-state index in [9.17, 15) is 4.79 Å². The molecular formula is C24H34N6O3S. The minimum Gasteiger partial charge on any atom is -0.378 e. The summed E-state index contributed by atoms with van der Waals surface area (Å²) in [6.07, 6.45) is 4.79. The Balaban J connectivity index is 1.22. The van der Waals surface area contributed by atoms with Crippen LogP contribution in [0.15, 0.2) is 23.4 Å². The van der Waals surface area contributed by atoms with Gasteiger partial charge in [0.1, 0.15) is 0 Å². The smallest absolute Gasteiger partial charge is 0.234 e. The van der Waals surface area contributed by atoms with Crippen LogP contribution in [0.25, 0.3) is 0 Å². The molecule has 9 nitrogen and oxygen atoms in total. The molecule has 0 spiro atoms. The number of benzene rings is 1. The summed E-state index contributed by atoms with van der Waals surface area (Å²) in [6, 6.07) is 6.18. The number of nitrogens with one attached hydrogen (secondary N) is 1. The number of hydrogen-bond acceptors (Lipinski definition) is 8. The number of carbonyl (C=O) groups is 1. The number of ether oxygens (including phenoxy) is 2. The lowest BCUT2D eigenvalue weighted by Gasteiger charge is -2.28. The van der Waals surface area contributed by atoms with E-state index in [2.05, 4.69) is 48.9 Å². The molecule has 3 saturated heterocycles. The third kappa shape index (κ3) is 5.50. The predicted molar refractivity (Wildman–Crippen MR) is 134 cm³/mol. The predicted octanol–water partition coefficient (Wildman–Crippen LogP) is 2.93. The summed E-state index contributed by atoms with van der Waals surface area (Å²) in [4.78, 5) is 17.4. The Morgan fingerprint density at radius 2 is 1.91 bits per heavy atom. The highest BCUT2D eigenvalue weighted by atomic mass is 32.2. The zero-order valence-electron chi connectivity index (χ0n) is 19.9. The van der Waals surface area contributed by atoms with E-state index in [1.165, 1.54) is 35.9 Å². The van der Waals surface area contributed by atoms with Crippen LogP contribution in [-0.2, 0) is 20.8 Å². The second-order valence-electron chi connectivity index (χ2n) is 9.16. The maximum atomic E-state index is 12.8. The standard InChI is InChI=1S/C24H34N6O3S/c1-18-15-19(6-7-21(18)28-8-2-3-9-28)25-22(31)17-34-24-27-26-23(29-10-13-32-14-11-29)30(24)16-20-5-4-12-33-20/h6-7,15,20H,2-5,8-14,16-17H2,1H3,(H,25,31). The molecule has 2 aromatic rings. The van der Waals surface area contributed by atoms with Crippen molar-refractivity contribution in [1.29, 1.82) is 0 Å². The summed E-state index contributed by atoms with van der Waals surface area (Å²) in [5, 5.41) is 12.7. The van der Waals surface area contributed by atoms with Gasteiger partial charge in [-0.05, 0) is 56.4 Å². The van der Waals surface area contributed by atoms with Crippen LogP contribution in [0.3, 0.4) is 0 Å². The van der Waals surface area contributed by atoms with Crippen molar-refractivity contribution < 1.29 is 14.3 Å². The summed E-state index contributed by atoms with van der Waals surface area (Å²) >= 11 is 1.43. The van der Waals surface area contributed by atoms with Crippen molar-refractivity contribution in [2.75, 3.05) is 66.9 Å². The lowest BCUT2D eigenvalue weighted by atomic mass is 10.1. The molecule has 1 unspecified atom stereocenters. The Morgan fingerprint density at radius 1 is 1.09 bits per heavy atom. The van der Waals surface area contributed by atoms with Crippen LogP contribution in [-0.4, -0.2) is 78.5 Å². The normalized spacial score (nSPS) is 20.8. The zero-order valence-corrected chi connectivity index (χ0v) is 20.7. The van der Waals surface area contributed by atoms with Gasteiger partial charge in [0.15, 0.2) is 5.16 Å². The second-order valence-corrected chi connectivity index (χ2v) is 10.1. The quantitative estimate of drug-likeness (QED) is 0.570. The number of amides is 1. The number of hydrogen-bond donors (Lipinski definition) is 1. The molecule has 4 heterocycles. The van der Waals surface area contributed by atoms with Crippen molar-refractivity contribution in [1.82, 2.24) is 14.8 Å². The van der Waals surface area contributed by atoms with E-state index in [4.69, 9.17) is 9.47 Å². The van der Waals surface area contributed by atoms with Gasteiger partial charge in [0.2, 0.25) is 11.9 Å². The molecule has 10 heteroatoms. The first kappa shape index (κ1) is 23.4. The largest absolute Gasteiger partial charge is 0.378 e. The van der Waals surface area contributed by atoms with Crippen LogP contribution in [0, 0.1) is 6.92 Å². The van der Waals surface area contributed by atoms with Gasteiger partial charge in [-0.1, -0.05) is 11.8 Å². The lowest BCUT2D eigenvalue weighted by molar-refractivity contribution is -0.113. The molecule has 0 bridgehead atoms. The Bertz CT molecular complexity index is 981. The third-order valence-electron chi connectivity index (χ3n) is 6.66.